The molecule has 0 radical (unpaired) electrons. The Hall–Kier alpha value is -1.87. The zero-order chi connectivity index (χ0) is 19.7. The Labute approximate surface area is 158 Å². The molecule has 0 unspecified atom stereocenters. The smallest absolute Gasteiger partial charge is 0.253 e. The lowest BCUT2D eigenvalue weighted by atomic mass is 9.97. The molecule has 0 aliphatic carbocycles. The molecule has 9 heteroatoms. The van der Waals surface area contributed by atoms with Crippen LogP contribution in [0.15, 0.2) is 12.2 Å². The molecule has 0 aromatic rings. The fourth-order valence-corrected chi connectivity index (χ4v) is 2.88. The number of thioether (sulfide) groups is 1. The van der Waals surface area contributed by atoms with E-state index in [1.54, 1.807) is 11.8 Å². The number of hydrogen-bond donors (Lipinski definition) is 3. The van der Waals surface area contributed by atoms with E-state index in [1.165, 1.54) is 12.2 Å². The van der Waals surface area contributed by atoms with Crippen molar-refractivity contribution in [3.8, 4) is 0 Å². The van der Waals surface area contributed by atoms with Crippen molar-refractivity contribution in [1.82, 2.24) is 15.5 Å². The van der Waals surface area contributed by atoms with E-state index in [1.807, 2.05) is 20.1 Å². The van der Waals surface area contributed by atoms with E-state index in [0.717, 1.165) is 10.7 Å². The van der Waals surface area contributed by atoms with Gasteiger partial charge in [-0.3, -0.25) is 24.1 Å². The van der Waals surface area contributed by atoms with Crippen molar-refractivity contribution in [2.75, 3.05) is 25.1 Å². The van der Waals surface area contributed by atoms with Gasteiger partial charge in [-0.25, -0.2) is 0 Å². The second kappa shape index (κ2) is 11.0. The molecule has 1 aliphatic heterocycles. The Morgan fingerprint density at radius 1 is 1.23 bits per heavy atom. The summed E-state index contributed by atoms with van der Waals surface area (Å²) in [4.78, 5) is 48.7. The third-order valence-electron chi connectivity index (χ3n) is 4.30. The molecule has 26 heavy (non-hydrogen) atoms. The van der Waals surface area contributed by atoms with Gasteiger partial charge in [-0.05, 0) is 24.3 Å². The largest absolute Gasteiger partial charge is 0.353 e. The van der Waals surface area contributed by atoms with Crippen molar-refractivity contribution in [1.29, 1.82) is 0 Å². The molecule has 0 aromatic carbocycles. The summed E-state index contributed by atoms with van der Waals surface area (Å²) in [5.74, 6) is -0.804. The highest BCUT2D eigenvalue weighted by molar-refractivity contribution is 7.98. The van der Waals surface area contributed by atoms with Gasteiger partial charge in [-0.15, -0.1) is 0 Å². The molecule has 4 N–H and O–H groups in total. The molecule has 8 nitrogen and oxygen atoms in total. The van der Waals surface area contributed by atoms with Gasteiger partial charge in [0.05, 0.1) is 6.04 Å². The summed E-state index contributed by atoms with van der Waals surface area (Å²) in [5.41, 5.74) is 5.86. The molecular weight excluding hydrogens is 356 g/mol. The number of carbonyl (C=O) groups excluding carboxylic acids is 4. The molecule has 0 fully saturated rings. The first kappa shape index (κ1) is 22.2. The van der Waals surface area contributed by atoms with Gasteiger partial charge in [0, 0.05) is 25.2 Å². The lowest BCUT2D eigenvalue weighted by molar-refractivity contribution is -0.137. The third kappa shape index (κ3) is 6.45. The fourth-order valence-electron chi connectivity index (χ4n) is 2.39. The first-order valence-electron chi connectivity index (χ1n) is 8.67. The molecule has 3 atom stereocenters. The number of rotatable bonds is 11. The normalized spacial score (nSPS) is 17.2. The highest BCUT2D eigenvalue weighted by Crippen LogP contribution is 2.09. The zero-order valence-electron chi connectivity index (χ0n) is 15.5. The molecule has 1 aliphatic rings. The van der Waals surface area contributed by atoms with E-state index in [9.17, 15) is 19.2 Å². The Balaban J connectivity index is 2.56. The number of nitrogens with zero attached hydrogens (tertiary/aromatic N) is 1. The maximum absolute atomic E-state index is 12.5. The van der Waals surface area contributed by atoms with Crippen LogP contribution in [0.4, 0.5) is 0 Å². The number of hydrogen-bond acceptors (Lipinski definition) is 6. The summed E-state index contributed by atoms with van der Waals surface area (Å²) in [6, 6.07) is -1.37. The first-order chi connectivity index (χ1) is 12.3. The summed E-state index contributed by atoms with van der Waals surface area (Å²) in [5, 5.41) is 5.41. The Morgan fingerprint density at radius 2 is 1.85 bits per heavy atom. The number of amides is 4. The van der Waals surface area contributed by atoms with Crippen molar-refractivity contribution < 1.29 is 19.2 Å². The Kier molecular flexibility index (Phi) is 9.36. The number of nitrogens with one attached hydrogen (secondary N) is 2. The minimum atomic E-state index is -0.712. The predicted molar refractivity (Wildman–Crippen MR) is 101 cm³/mol. The maximum atomic E-state index is 12.5. The van der Waals surface area contributed by atoms with Crippen LogP contribution in [0.25, 0.3) is 0 Å². The number of nitrogens with two attached hydrogens (primary N) is 1. The topological polar surface area (TPSA) is 122 Å². The van der Waals surface area contributed by atoms with Crippen LogP contribution in [0.5, 0.6) is 0 Å². The van der Waals surface area contributed by atoms with E-state index >= 15 is 0 Å². The molecule has 0 bridgehead atoms. The minimum absolute atomic E-state index is 0.0802. The van der Waals surface area contributed by atoms with Crippen LogP contribution in [0.2, 0.25) is 0 Å². The van der Waals surface area contributed by atoms with Gasteiger partial charge in [-0.1, -0.05) is 20.3 Å². The summed E-state index contributed by atoms with van der Waals surface area (Å²) in [7, 11) is 0. The zero-order valence-corrected chi connectivity index (χ0v) is 16.3. The highest BCUT2D eigenvalue weighted by Gasteiger charge is 2.28. The van der Waals surface area contributed by atoms with Crippen LogP contribution in [0.1, 0.15) is 26.7 Å². The van der Waals surface area contributed by atoms with Gasteiger partial charge >= 0.3 is 0 Å². The molecule has 0 saturated carbocycles. The molecule has 0 saturated heterocycles. The summed E-state index contributed by atoms with van der Waals surface area (Å²) >= 11 is 1.60. The standard InChI is InChI=1S/C17H28N4O4S/c1-4-11(2)15(20-16(24)12(18)7-10-26-3)17(25)19-8-9-21-13(22)5-6-14(21)23/h5-6,11-12,15H,4,7-10,18H2,1-3H3,(H,19,25)(H,20,24)/t11-,12-,15-/m0/s1. The Bertz CT molecular complexity index is 549. The van der Waals surface area contributed by atoms with E-state index < -0.39 is 23.9 Å². The molecule has 146 valence electrons. The van der Waals surface area contributed by atoms with Gasteiger partial charge in [0.25, 0.3) is 11.8 Å². The van der Waals surface area contributed by atoms with Gasteiger partial charge < -0.3 is 16.4 Å². The average molecular weight is 385 g/mol. The van der Waals surface area contributed by atoms with Crippen molar-refractivity contribution in [3.05, 3.63) is 12.2 Å². The van der Waals surface area contributed by atoms with Crippen LogP contribution < -0.4 is 16.4 Å². The quantitative estimate of drug-likeness (QED) is 0.418. The van der Waals surface area contributed by atoms with Crippen LogP contribution in [0.3, 0.4) is 0 Å². The molecule has 1 rings (SSSR count). The van der Waals surface area contributed by atoms with Crippen LogP contribution >= 0.6 is 11.8 Å². The SMILES string of the molecule is CC[C@H](C)[C@H](NC(=O)[C@@H](N)CCSC)C(=O)NCCN1C(=O)C=CC1=O. The van der Waals surface area contributed by atoms with Crippen molar-refractivity contribution >= 4 is 35.4 Å². The monoisotopic (exact) mass is 384 g/mol. The van der Waals surface area contributed by atoms with E-state index in [-0.39, 0.29) is 30.8 Å². The lowest BCUT2D eigenvalue weighted by Crippen LogP contribution is -2.55. The third-order valence-corrected chi connectivity index (χ3v) is 4.94. The number of carbonyl (C=O) groups is 4. The van der Waals surface area contributed by atoms with Crippen molar-refractivity contribution in [3.63, 3.8) is 0 Å². The predicted octanol–water partition coefficient (Wildman–Crippen LogP) is -0.361. The minimum Gasteiger partial charge on any atom is -0.353 e. The van der Waals surface area contributed by atoms with Gasteiger partial charge in [0.1, 0.15) is 6.04 Å². The van der Waals surface area contributed by atoms with Gasteiger partial charge in [0.2, 0.25) is 11.8 Å². The molecule has 4 amide bonds. The van der Waals surface area contributed by atoms with E-state index in [0.29, 0.717) is 12.8 Å². The number of imide groups is 1. The summed E-state index contributed by atoms with van der Waals surface area (Å²) < 4.78 is 0. The molecule has 1 heterocycles. The lowest BCUT2D eigenvalue weighted by Gasteiger charge is -2.25. The van der Waals surface area contributed by atoms with Crippen molar-refractivity contribution in [2.45, 2.75) is 38.8 Å². The fraction of sp³-hybridized carbons (Fsp3) is 0.647. The second-order valence-corrected chi connectivity index (χ2v) is 7.20. The molecule has 0 spiro atoms. The first-order valence-corrected chi connectivity index (χ1v) is 10.1. The average Bonchev–Trinajstić information content (AvgIpc) is 2.94. The van der Waals surface area contributed by atoms with E-state index in [2.05, 4.69) is 10.6 Å². The van der Waals surface area contributed by atoms with Crippen molar-refractivity contribution in [2.24, 2.45) is 11.7 Å². The van der Waals surface area contributed by atoms with Crippen LogP contribution in [-0.2, 0) is 19.2 Å². The molecule has 0 aromatic heterocycles. The highest BCUT2D eigenvalue weighted by atomic mass is 32.2. The second-order valence-electron chi connectivity index (χ2n) is 6.21. The summed E-state index contributed by atoms with van der Waals surface area (Å²) in [6.07, 6.45) is 5.56. The van der Waals surface area contributed by atoms with Crippen LogP contribution in [-0.4, -0.2) is 65.7 Å². The maximum Gasteiger partial charge on any atom is 0.253 e. The molecular formula is C17H28N4O4S. The summed E-state index contributed by atoms with van der Waals surface area (Å²) in [6.45, 7) is 4.01. The van der Waals surface area contributed by atoms with Crippen LogP contribution in [0, 0.1) is 5.92 Å². The van der Waals surface area contributed by atoms with Gasteiger partial charge in [0.15, 0.2) is 0 Å². The van der Waals surface area contributed by atoms with E-state index in [4.69, 9.17) is 5.73 Å². The Morgan fingerprint density at radius 3 is 2.38 bits per heavy atom. The van der Waals surface area contributed by atoms with Gasteiger partial charge in [-0.2, -0.15) is 11.8 Å².